The number of hydrogen-bond donors (Lipinski definition) is 3. The zero-order valence-electron chi connectivity index (χ0n) is 17.0. The highest BCUT2D eigenvalue weighted by molar-refractivity contribution is 6.13. The van der Waals surface area contributed by atoms with Crippen molar-refractivity contribution in [3.05, 3.63) is 51.4 Å². The predicted molar refractivity (Wildman–Crippen MR) is 115 cm³/mol. The summed E-state index contributed by atoms with van der Waals surface area (Å²) < 4.78 is 5.51. The normalized spacial score (nSPS) is 15.7. The van der Waals surface area contributed by atoms with Crippen molar-refractivity contribution in [3.8, 4) is 5.75 Å². The van der Waals surface area contributed by atoms with Gasteiger partial charge in [0.05, 0.1) is 0 Å². The number of hydrogen-bond acceptors (Lipinski definition) is 7. The van der Waals surface area contributed by atoms with Gasteiger partial charge in [0.1, 0.15) is 11.8 Å². The van der Waals surface area contributed by atoms with Crippen LogP contribution in [-0.4, -0.2) is 22.4 Å². The Bertz CT molecular complexity index is 1040. The number of rotatable bonds is 8. The van der Waals surface area contributed by atoms with Gasteiger partial charge in [-0.25, -0.2) is 10.1 Å². The minimum Gasteiger partial charge on any atom is -0.422 e. The first-order chi connectivity index (χ1) is 14.4. The van der Waals surface area contributed by atoms with Crippen molar-refractivity contribution in [2.75, 3.05) is 0 Å². The zero-order chi connectivity index (χ0) is 21.8. The van der Waals surface area contributed by atoms with Gasteiger partial charge in [0.2, 0.25) is 0 Å². The van der Waals surface area contributed by atoms with Crippen molar-refractivity contribution in [3.63, 3.8) is 0 Å². The first kappa shape index (κ1) is 22.0. The molecule has 0 spiro atoms. The molecule has 160 valence electrons. The van der Waals surface area contributed by atoms with E-state index >= 15 is 0 Å². The fourth-order valence-electron chi connectivity index (χ4n) is 4.26. The molecule has 0 radical (unpaired) electrons. The fraction of sp³-hybridized carbons (Fsp3) is 0.391. The van der Waals surface area contributed by atoms with Crippen LogP contribution in [0, 0.1) is 5.92 Å². The molecule has 1 aromatic carbocycles. The van der Waals surface area contributed by atoms with E-state index in [1.54, 1.807) is 0 Å². The highest BCUT2D eigenvalue weighted by atomic mass is 17.1. The van der Waals surface area contributed by atoms with E-state index in [0.717, 1.165) is 32.1 Å². The zero-order valence-corrected chi connectivity index (χ0v) is 17.0. The molecule has 0 amide bonds. The summed E-state index contributed by atoms with van der Waals surface area (Å²) in [5.74, 6) is -0.617. The molecule has 3 rings (SSSR count). The largest absolute Gasteiger partial charge is 0.422 e. The van der Waals surface area contributed by atoms with Crippen LogP contribution in [0.4, 0.5) is 0 Å². The molecule has 1 aliphatic carbocycles. The third-order valence-corrected chi connectivity index (χ3v) is 5.55. The van der Waals surface area contributed by atoms with E-state index in [4.69, 9.17) is 10.2 Å². The van der Waals surface area contributed by atoms with Crippen molar-refractivity contribution in [1.82, 2.24) is 0 Å². The third kappa shape index (κ3) is 4.09. The van der Waals surface area contributed by atoms with Crippen LogP contribution in [0.5, 0.6) is 5.75 Å². The summed E-state index contributed by atoms with van der Waals surface area (Å²) in [7, 11) is 0. The molecule has 1 aromatic heterocycles. The minimum absolute atomic E-state index is 0.0335. The van der Waals surface area contributed by atoms with Crippen molar-refractivity contribution in [1.29, 1.82) is 0 Å². The lowest BCUT2D eigenvalue weighted by atomic mass is 9.87. The van der Waals surface area contributed by atoms with Crippen LogP contribution in [0.2, 0.25) is 0 Å². The topological polar surface area (TPSA) is 123 Å². The molecule has 1 atom stereocenters. The fourth-order valence-corrected chi connectivity index (χ4v) is 4.26. The van der Waals surface area contributed by atoms with Crippen LogP contribution in [0.3, 0.4) is 0 Å². The summed E-state index contributed by atoms with van der Waals surface area (Å²) >= 11 is 0. The Morgan fingerprint density at radius 2 is 2.10 bits per heavy atom. The third-order valence-electron chi connectivity index (χ3n) is 5.55. The maximum atomic E-state index is 13.4. The molecular weight excluding hydrogens is 386 g/mol. The van der Waals surface area contributed by atoms with Crippen molar-refractivity contribution < 1.29 is 24.5 Å². The van der Waals surface area contributed by atoms with Gasteiger partial charge in [-0.05, 0) is 36.5 Å². The number of nitrogens with two attached hydrogens (primary N) is 1. The van der Waals surface area contributed by atoms with Gasteiger partial charge < -0.3 is 20.1 Å². The van der Waals surface area contributed by atoms with E-state index in [2.05, 4.69) is 11.5 Å². The summed E-state index contributed by atoms with van der Waals surface area (Å²) in [5.41, 5.74) is 6.55. The summed E-state index contributed by atoms with van der Waals surface area (Å²) in [6, 6.07) is 1.41. The number of fused-ring (bicyclic) bond motifs is 1. The molecule has 1 aliphatic rings. The van der Waals surface area contributed by atoms with Gasteiger partial charge in [-0.3, -0.25) is 4.79 Å². The average Bonchev–Trinajstić information content (AvgIpc) is 3.25. The first-order valence-corrected chi connectivity index (χ1v) is 10.2. The van der Waals surface area contributed by atoms with E-state index < -0.39 is 11.9 Å². The summed E-state index contributed by atoms with van der Waals surface area (Å²) in [6.07, 6.45) is 7.74. The van der Waals surface area contributed by atoms with E-state index in [9.17, 15) is 20.0 Å². The molecule has 7 nitrogen and oxygen atoms in total. The van der Waals surface area contributed by atoms with Crippen LogP contribution in [0.25, 0.3) is 23.1 Å². The number of aliphatic hydroxyl groups is 1. The van der Waals surface area contributed by atoms with Gasteiger partial charge in [0, 0.05) is 22.9 Å². The number of Topliss-reactive ketones (excluding diaryl/α,β-unsaturated/α-hetero) is 1. The molecular formula is C23H27NO6. The highest BCUT2D eigenvalue weighted by Crippen LogP contribution is 2.42. The van der Waals surface area contributed by atoms with Crippen LogP contribution < -0.4 is 16.2 Å². The quantitative estimate of drug-likeness (QED) is 0.197. The molecule has 30 heavy (non-hydrogen) atoms. The number of benzene rings is 1. The van der Waals surface area contributed by atoms with Gasteiger partial charge >= 0.3 is 5.63 Å². The molecule has 1 saturated carbocycles. The SMILES string of the molecule is C=Cc1c(/C=C\C(N)O)c(OO)c(C(=O)C2CCCC2)c2oc(=O)cc(CCC)c12. The lowest BCUT2D eigenvalue weighted by molar-refractivity contribution is -0.138. The number of ketones is 1. The Morgan fingerprint density at radius 1 is 1.40 bits per heavy atom. The predicted octanol–water partition coefficient (Wildman–Crippen LogP) is 3.90. The van der Waals surface area contributed by atoms with Gasteiger partial charge in [0.15, 0.2) is 17.1 Å². The van der Waals surface area contributed by atoms with E-state index in [0.29, 0.717) is 28.5 Å². The Morgan fingerprint density at radius 3 is 2.67 bits per heavy atom. The molecule has 0 saturated heterocycles. The second-order valence-corrected chi connectivity index (χ2v) is 7.57. The van der Waals surface area contributed by atoms with Gasteiger partial charge in [-0.15, -0.1) is 0 Å². The summed E-state index contributed by atoms with van der Waals surface area (Å²) in [5, 5.41) is 19.8. The van der Waals surface area contributed by atoms with E-state index in [1.165, 1.54) is 24.3 Å². The summed E-state index contributed by atoms with van der Waals surface area (Å²) in [4.78, 5) is 30.4. The van der Waals surface area contributed by atoms with E-state index in [-0.39, 0.29) is 28.6 Å². The maximum absolute atomic E-state index is 13.4. The molecule has 2 aromatic rings. The molecule has 7 heteroatoms. The maximum Gasteiger partial charge on any atom is 0.336 e. The molecule has 1 heterocycles. The van der Waals surface area contributed by atoms with Gasteiger partial charge in [-0.1, -0.05) is 44.9 Å². The lowest BCUT2D eigenvalue weighted by Gasteiger charge is -2.19. The second kappa shape index (κ2) is 9.38. The minimum atomic E-state index is -1.25. The number of carbonyl (C=O) groups is 1. The Kier molecular flexibility index (Phi) is 6.87. The monoisotopic (exact) mass is 413 g/mol. The number of aryl methyl sites for hydroxylation is 1. The molecule has 1 fully saturated rings. The van der Waals surface area contributed by atoms with Gasteiger partial charge in [-0.2, -0.15) is 0 Å². The number of aliphatic hydroxyl groups excluding tert-OH is 1. The molecule has 4 N–H and O–H groups in total. The lowest BCUT2D eigenvalue weighted by Crippen LogP contribution is -2.17. The number of carbonyl (C=O) groups excluding carboxylic acids is 1. The van der Waals surface area contributed by atoms with E-state index in [1.807, 2.05) is 6.92 Å². The second-order valence-electron chi connectivity index (χ2n) is 7.57. The highest BCUT2D eigenvalue weighted by Gasteiger charge is 2.32. The first-order valence-electron chi connectivity index (χ1n) is 10.2. The molecule has 0 bridgehead atoms. The van der Waals surface area contributed by atoms with Crippen molar-refractivity contribution >= 4 is 28.9 Å². The van der Waals surface area contributed by atoms with Crippen molar-refractivity contribution in [2.45, 2.75) is 51.7 Å². The Balaban J connectivity index is 2.48. The Hall–Kier alpha value is -2.74. The smallest absolute Gasteiger partial charge is 0.336 e. The average molecular weight is 413 g/mol. The van der Waals surface area contributed by atoms with Gasteiger partial charge in [0.25, 0.3) is 0 Å². The van der Waals surface area contributed by atoms with Crippen molar-refractivity contribution in [2.24, 2.45) is 11.7 Å². The standard InChI is InChI=1S/C23H27NO6/c1-3-7-14-12-18(26)29-23-19(14)15(4-2)16(10-11-17(24)25)22(30-28)20(23)21(27)13-8-5-6-9-13/h4,10-13,17,25,28H,2-3,5-9,24H2,1H3/b11-10-. The van der Waals surface area contributed by atoms with Crippen LogP contribution in [-0.2, 0) is 6.42 Å². The Labute approximate surface area is 174 Å². The molecule has 0 aliphatic heterocycles. The summed E-state index contributed by atoms with van der Waals surface area (Å²) in [6.45, 7) is 5.83. The van der Waals surface area contributed by atoms with Crippen LogP contribution in [0.15, 0.2) is 27.9 Å². The van der Waals surface area contributed by atoms with Crippen LogP contribution in [0.1, 0.15) is 66.1 Å². The molecule has 1 unspecified atom stereocenters. The van der Waals surface area contributed by atoms with Crippen LogP contribution >= 0.6 is 0 Å².